The van der Waals surface area contributed by atoms with Gasteiger partial charge in [-0.1, -0.05) is 0 Å². The lowest BCUT2D eigenvalue weighted by atomic mass is 10.0. The Balaban J connectivity index is 2.63. The number of aryl methyl sites for hydroxylation is 1. The first-order chi connectivity index (χ1) is 8.04. The number of aliphatic carboxylic acids is 1. The average Bonchev–Trinajstić information content (AvgIpc) is 2.28. The zero-order valence-electron chi connectivity index (χ0n) is 10.0. The number of carboxylic acids is 1. The maximum atomic E-state index is 11.7. The van der Waals surface area contributed by atoms with Crippen LogP contribution in [0.4, 0.5) is 0 Å². The Labute approximate surface area is 100 Å². The van der Waals surface area contributed by atoms with Gasteiger partial charge in [-0.2, -0.15) is 0 Å². The van der Waals surface area contributed by atoms with E-state index >= 15 is 0 Å². The fourth-order valence-electron chi connectivity index (χ4n) is 1.60. The van der Waals surface area contributed by atoms with Crippen molar-refractivity contribution in [3.63, 3.8) is 0 Å². The molecule has 0 aliphatic heterocycles. The van der Waals surface area contributed by atoms with E-state index < -0.39 is 5.97 Å². The zero-order valence-corrected chi connectivity index (χ0v) is 10.0. The van der Waals surface area contributed by atoms with Gasteiger partial charge >= 0.3 is 5.97 Å². The van der Waals surface area contributed by atoms with Gasteiger partial charge in [0.25, 0.3) is 0 Å². The van der Waals surface area contributed by atoms with Crippen molar-refractivity contribution in [1.29, 1.82) is 0 Å². The molecule has 1 aromatic rings. The third-order valence-corrected chi connectivity index (χ3v) is 2.51. The van der Waals surface area contributed by atoms with Crippen LogP contribution in [0.3, 0.4) is 0 Å². The number of benzene rings is 1. The fraction of sp³-hybridized carbons (Fsp3) is 0.385. The van der Waals surface area contributed by atoms with E-state index in [4.69, 9.17) is 9.84 Å². The van der Waals surface area contributed by atoms with Gasteiger partial charge in [0, 0.05) is 18.4 Å². The average molecular weight is 236 g/mol. The Hall–Kier alpha value is -1.84. The molecule has 1 rings (SSSR count). The van der Waals surface area contributed by atoms with Gasteiger partial charge in [0.15, 0.2) is 5.78 Å². The van der Waals surface area contributed by atoms with E-state index in [1.54, 1.807) is 25.3 Å². The minimum Gasteiger partial charge on any atom is -0.496 e. The number of rotatable bonds is 6. The first-order valence-electron chi connectivity index (χ1n) is 5.44. The molecule has 17 heavy (non-hydrogen) atoms. The highest BCUT2D eigenvalue weighted by Gasteiger charge is 2.09. The molecule has 0 atom stereocenters. The van der Waals surface area contributed by atoms with Crippen LogP contribution < -0.4 is 4.74 Å². The van der Waals surface area contributed by atoms with E-state index in [1.165, 1.54) is 0 Å². The lowest BCUT2D eigenvalue weighted by Gasteiger charge is -2.06. The summed E-state index contributed by atoms with van der Waals surface area (Å²) in [5.74, 6) is -0.159. The second kappa shape index (κ2) is 6.03. The van der Waals surface area contributed by atoms with Gasteiger partial charge in [-0.3, -0.25) is 9.59 Å². The number of carbonyl (C=O) groups is 2. The summed E-state index contributed by atoms with van der Waals surface area (Å²) >= 11 is 0. The molecule has 92 valence electrons. The second-order valence-corrected chi connectivity index (χ2v) is 3.85. The molecule has 0 aromatic heterocycles. The Bertz CT molecular complexity index is 423. The summed E-state index contributed by atoms with van der Waals surface area (Å²) in [5.41, 5.74) is 1.50. The molecule has 0 radical (unpaired) electrons. The van der Waals surface area contributed by atoms with Crippen LogP contribution >= 0.6 is 0 Å². The van der Waals surface area contributed by atoms with Crippen LogP contribution in [-0.2, 0) is 4.79 Å². The maximum absolute atomic E-state index is 11.7. The van der Waals surface area contributed by atoms with Crippen molar-refractivity contribution in [1.82, 2.24) is 0 Å². The van der Waals surface area contributed by atoms with Crippen molar-refractivity contribution >= 4 is 11.8 Å². The molecule has 1 aromatic carbocycles. The molecule has 0 saturated carbocycles. The summed E-state index contributed by atoms with van der Waals surface area (Å²) in [7, 11) is 1.58. The first-order valence-corrected chi connectivity index (χ1v) is 5.44. The smallest absolute Gasteiger partial charge is 0.303 e. The topological polar surface area (TPSA) is 63.6 Å². The van der Waals surface area contributed by atoms with E-state index in [-0.39, 0.29) is 18.6 Å². The van der Waals surface area contributed by atoms with Crippen LogP contribution in [0.5, 0.6) is 5.75 Å². The normalized spacial score (nSPS) is 10.0. The monoisotopic (exact) mass is 236 g/mol. The van der Waals surface area contributed by atoms with E-state index in [2.05, 4.69) is 0 Å². The van der Waals surface area contributed by atoms with E-state index in [0.717, 1.165) is 11.3 Å². The molecule has 0 aliphatic rings. The molecule has 0 aliphatic carbocycles. The van der Waals surface area contributed by atoms with Crippen molar-refractivity contribution < 1.29 is 19.4 Å². The van der Waals surface area contributed by atoms with Gasteiger partial charge in [0.1, 0.15) is 5.75 Å². The Morgan fingerprint density at radius 2 is 2.00 bits per heavy atom. The summed E-state index contributed by atoms with van der Waals surface area (Å²) < 4.78 is 5.10. The van der Waals surface area contributed by atoms with Gasteiger partial charge in [-0.05, 0) is 37.1 Å². The zero-order chi connectivity index (χ0) is 12.8. The number of carbonyl (C=O) groups excluding carboxylic acids is 1. The molecule has 0 amide bonds. The Morgan fingerprint density at radius 1 is 1.29 bits per heavy atom. The highest BCUT2D eigenvalue weighted by Crippen LogP contribution is 2.19. The molecule has 0 bridgehead atoms. The molecule has 0 heterocycles. The standard InChI is InChI=1S/C13H16O4/c1-9-8-10(6-7-12(9)17-2)11(14)4-3-5-13(15)16/h6-8H,3-5H2,1-2H3,(H,15,16). The second-order valence-electron chi connectivity index (χ2n) is 3.85. The quantitative estimate of drug-likeness (QED) is 0.770. The summed E-state index contributed by atoms with van der Waals surface area (Å²) in [5, 5.41) is 8.48. The van der Waals surface area contributed by atoms with Gasteiger partial charge in [0.2, 0.25) is 0 Å². The van der Waals surface area contributed by atoms with Gasteiger partial charge in [-0.15, -0.1) is 0 Å². The minimum absolute atomic E-state index is 0.0286. The van der Waals surface area contributed by atoms with Crippen molar-refractivity contribution in [3.8, 4) is 5.75 Å². The molecule has 4 nitrogen and oxygen atoms in total. The third kappa shape index (κ3) is 3.90. The number of ketones is 1. The number of ether oxygens (including phenoxy) is 1. The number of methoxy groups -OCH3 is 1. The summed E-state index contributed by atoms with van der Waals surface area (Å²) in [6.45, 7) is 1.87. The SMILES string of the molecule is COc1ccc(C(=O)CCCC(=O)O)cc1C. The molecular formula is C13H16O4. The summed E-state index contributed by atoms with van der Waals surface area (Å²) in [4.78, 5) is 22.1. The molecule has 0 spiro atoms. The molecule has 0 saturated heterocycles. The molecule has 0 fully saturated rings. The highest BCUT2D eigenvalue weighted by atomic mass is 16.5. The van der Waals surface area contributed by atoms with E-state index in [9.17, 15) is 9.59 Å². The third-order valence-electron chi connectivity index (χ3n) is 2.51. The van der Waals surface area contributed by atoms with Gasteiger partial charge in [0.05, 0.1) is 7.11 Å². The lowest BCUT2D eigenvalue weighted by Crippen LogP contribution is -2.02. The van der Waals surface area contributed by atoms with Crippen molar-refractivity contribution in [2.75, 3.05) is 7.11 Å². The van der Waals surface area contributed by atoms with Crippen LogP contribution in [0.15, 0.2) is 18.2 Å². The summed E-state index contributed by atoms with van der Waals surface area (Å²) in [6, 6.07) is 5.22. The first kappa shape index (κ1) is 13.2. The predicted octanol–water partition coefficient (Wildman–Crippen LogP) is 2.44. The number of hydrogen-bond donors (Lipinski definition) is 1. The Kier molecular flexibility index (Phi) is 4.69. The van der Waals surface area contributed by atoms with Crippen LogP contribution in [0, 0.1) is 6.92 Å². The van der Waals surface area contributed by atoms with E-state index in [0.29, 0.717) is 12.0 Å². The predicted molar refractivity (Wildman–Crippen MR) is 63.5 cm³/mol. The maximum Gasteiger partial charge on any atom is 0.303 e. The number of Topliss-reactive ketones (excluding diaryl/α,β-unsaturated/α-hetero) is 1. The Morgan fingerprint density at radius 3 is 2.53 bits per heavy atom. The lowest BCUT2D eigenvalue weighted by molar-refractivity contribution is -0.137. The van der Waals surface area contributed by atoms with Crippen molar-refractivity contribution in [3.05, 3.63) is 29.3 Å². The fourth-order valence-corrected chi connectivity index (χ4v) is 1.60. The van der Waals surface area contributed by atoms with Crippen molar-refractivity contribution in [2.24, 2.45) is 0 Å². The van der Waals surface area contributed by atoms with Crippen LogP contribution in [0.1, 0.15) is 35.2 Å². The van der Waals surface area contributed by atoms with Crippen molar-refractivity contribution in [2.45, 2.75) is 26.2 Å². The molecular weight excluding hydrogens is 220 g/mol. The van der Waals surface area contributed by atoms with Crippen LogP contribution in [0.2, 0.25) is 0 Å². The number of hydrogen-bond acceptors (Lipinski definition) is 3. The van der Waals surface area contributed by atoms with Gasteiger partial charge < -0.3 is 9.84 Å². The van der Waals surface area contributed by atoms with Gasteiger partial charge in [-0.25, -0.2) is 0 Å². The van der Waals surface area contributed by atoms with Crippen LogP contribution in [0.25, 0.3) is 0 Å². The molecule has 0 unspecified atom stereocenters. The van der Waals surface area contributed by atoms with Crippen LogP contribution in [-0.4, -0.2) is 24.0 Å². The minimum atomic E-state index is -0.872. The number of carboxylic acid groups (broad SMARTS) is 1. The highest BCUT2D eigenvalue weighted by molar-refractivity contribution is 5.96. The summed E-state index contributed by atoms with van der Waals surface area (Å²) in [6.07, 6.45) is 0.665. The molecule has 4 heteroatoms. The van der Waals surface area contributed by atoms with E-state index in [1.807, 2.05) is 6.92 Å². The molecule has 1 N–H and O–H groups in total. The largest absolute Gasteiger partial charge is 0.496 e.